The normalized spacial score (nSPS) is 10.4. The molecule has 1 aromatic carbocycles. The highest BCUT2D eigenvalue weighted by molar-refractivity contribution is 6.30. The third kappa shape index (κ3) is 2.78. The predicted octanol–water partition coefficient (Wildman–Crippen LogP) is 3.85. The second-order valence-electron chi connectivity index (χ2n) is 4.32. The van der Waals surface area contributed by atoms with Crippen LogP contribution in [0.2, 0.25) is 5.02 Å². The summed E-state index contributed by atoms with van der Waals surface area (Å²) in [5, 5.41) is 0.444. The van der Waals surface area contributed by atoms with Crippen LogP contribution in [0.15, 0.2) is 30.8 Å². The molecule has 1 aromatic heterocycles. The Morgan fingerprint density at radius 1 is 1.36 bits per heavy atom. The lowest BCUT2D eigenvalue weighted by Crippen LogP contribution is -2.13. The number of carbonyl (C=O) groups excluding carboxylic acids is 1. The van der Waals surface area contributed by atoms with Gasteiger partial charge in [0, 0.05) is 10.6 Å². The average Bonchev–Trinajstić information content (AvgIpc) is 2.49. The van der Waals surface area contributed by atoms with Crippen LogP contribution in [0, 0.1) is 5.82 Å². The van der Waals surface area contributed by atoms with Crippen LogP contribution in [0.4, 0.5) is 14.5 Å². The SMILES string of the molecule is C=C(F)c1c(C(=O)OC)nc(-c2ccc(Cl)cc2)c(F)c1N. The minimum atomic E-state index is -1.08. The van der Waals surface area contributed by atoms with E-state index in [-0.39, 0.29) is 5.69 Å². The van der Waals surface area contributed by atoms with Crippen LogP contribution in [-0.2, 0) is 4.74 Å². The van der Waals surface area contributed by atoms with Gasteiger partial charge in [0.2, 0.25) is 0 Å². The van der Waals surface area contributed by atoms with Crippen molar-refractivity contribution in [2.45, 2.75) is 0 Å². The number of aromatic nitrogens is 1. The van der Waals surface area contributed by atoms with Gasteiger partial charge in [-0.25, -0.2) is 18.6 Å². The number of esters is 1. The van der Waals surface area contributed by atoms with Crippen molar-refractivity contribution in [3.05, 3.63) is 52.9 Å². The molecule has 2 aromatic rings. The number of nitrogen functional groups attached to an aromatic ring is 1. The lowest BCUT2D eigenvalue weighted by atomic mass is 10.0. The molecule has 0 radical (unpaired) electrons. The molecule has 4 nitrogen and oxygen atoms in total. The van der Waals surface area contributed by atoms with E-state index in [1.807, 2.05) is 0 Å². The summed E-state index contributed by atoms with van der Waals surface area (Å²) in [6.07, 6.45) is 0. The van der Waals surface area contributed by atoms with Crippen molar-refractivity contribution in [2.24, 2.45) is 0 Å². The van der Waals surface area contributed by atoms with E-state index in [0.717, 1.165) is 7.11 Å². The molecule has 0 saturated carbocycles. The minimum absolute atomic E-state index is 0.209. The molecular formula is C15H11ClF2N2O2. The summed E-state index contributed by atoms with van der Waals surface area (Å²) in [5.41, 5.74) is 4.20. The largest absolute Gasteiger partial charge is 0.464 e. The van der Waals surface area contributed by atoms with Crippen LogP contribution < -0.4 is 5.73 Å². The summed E-state index contributed by atoms with van der Waals surface area (Å²) in [5.74, 6) is -2.98. The minimum Gasteiger partial charge on any atom is -0.464 e. The Hall–Kier alpha value is -2.47. The smallest absolute Gasteiger partial charge is 0.357 e. The first-order chi connectivity index (χ1) is 10.4. The number of hydrogen-bond donors (Lipinski definition) is 1. The molecule has 0 amide bonds. The van der Waals surface area contributed by atoms with Crippen molar-refractivity contribution in [3.8, 4) is 11.3 Å². The van der Waals surface area contributed by atoms with E-state index < -0.39 is 34.6 Å². The van der Waals surface area contributed by atoms with Crippen LogP contribution in [0.5, 0.6) is 0 Å². The lowest BCUT2D eigenvalue weighted by molar-refractivity contribution is 0.0593. The zero-order valence-corrected chi connectivity index (χ0v) is 12.2. The number of nitrogens with zero attached hydrogens (tertiary/aromatic N) is 1. The Morgan fingerprint density at radius 3 is 2.45 bits per heavy atom. The maximum atomic E-state index is 14.4. The van der Waals surface area contributed by atoms with Gasteiger partial charge in [-0.1, -0.05) is 30.3 Å². The first kappa shape index (κ1) is 15.9. The Kier molecular flexibility index (Phi) is 4.42. The summed E-state index contributed by atoms with van der Waals surface area (Å²) in [7, 11) is 1.09. The molecule has 0 aliphatic heterocycles. The molecule has 0 fully saturated rings. The van der Waals surface area contributed by atoms with E-state index in [2.05, 4.69) is 16.3 Å². The van der Waals surface area contributed by atoms with Crippen molar-refractivity contribution >= 4 is 29.1 Å². The second-order valence-corrected chi connectivity index (χ2v) is 4.75. The number of carbonyl (C=O) groups is 1. The number of pyridine rings is 1. The predicted molar refractivity (Wildman–Crippen MR) is 80.5 cm³/mol. The number of nitrogens with two attached hydrogens (primary N) is 1. The van der Waals surface area contributed by atoms with Gasteiger partial charge in [-0.15, -0.1) is 0 Å². The van der Waals surface area contributed by atoms with E-state index in [1.54, 1.807) is 0 Å². The molecular weight excluding hydrogens is 314 g/mol. The Bertz CT molecular complexity index is 761. The van der Waals surface area contributed by atoms with E-state index >= 15 is 0 Å². The summed E-state index contributed by atoms with van der Waals surface area (Å²) < 4.78 is 32.4. The van der Waals surface area contributed by atoms with Crippen LogP contribution >= 0.6 is 11.6 Å². The lowest BCUT2D eigenvalue weighted by Gasteiger charge is -2.13. The van der Waals surface area contributed by atoms with Gasteiger partial charge in [0.05, 0.1) is 18.4 Å². The number of ether oxygens (including phenoxy) is 1. The highest BCUT2D eigenvalue weighted by atomic mass is 35.5. The van der Waals surface area contributed by atoms with Gasteiger partial charge in [-0.3, -0.25) is 0 Å². The van der Waals surface area contributed by atoms with E-state index in [4.69, 9.17) is 17.3 Å². The molecule has 0 aliphatic carbocycles. The second kappa shape index (κ2) is 6.11. The monoisotopic (exact) mass is 324 g/mol. The Labute approximate surface area is 130 Å². The zero-order chi connectivity index (χ0) is 16.4. The van der Waals surface area contributed by atoms with Gasteiger partial charge in [-0.2, -0.15) is 0 Å². The number of hydrogen-bond acceptors (Lipinski definition) is 4. The molecule has 0 bridgehead atoms. The van der Waals surface area contributed by atoms with Crippen LogP contribution in [0.3, 0.4) is 0 Å². The van der Waals surface area contributed by atoms with Crippen molar-refractivity contribution in [2.75, 3.05) is 12.8 Å². The van der Waals surface area contributed by atoms with E-state index in [9.17, 15) is 13.6 Å². The number of halogens is 3. The van der Waals surface area contributed by atoms with Crippen LogP contribution in [-0.4, -0.2) is 18.1 Å². The van der Waals surface area contributed by atoms with Crippen molar-refractivity contribution in [3.63, 3.8) is 0 Å². The van der Waals surface area contributed by atoms with Gasteiger partial charge in [-0.05, 0) is 12.1 Å². The van der Waals surface area contributed by atoms with Gasteiger partial charge in [0.1, 0.15) is 11.5 Å². The molecule has 1 heterocycles. The van der Waals surface area contributed by atoms with Crippen LogP contribution in [0.25, 0.3) is 17.1 Å². The first-order valence-corrected chi connectivity index (χ1v) is 6.42. The molecule has 0 saturated heterocycles. The maximum Gasteiger partial charge on any atom is 0.357 e. The molecule has 0 spiro atoms. The fourth-order valence-corrected chi connectivity index (χ4v) is 2.03. The van der Waals surface area contributed by atoms with E-state index in [1.165, 1.54) is 24.3 Å². The summed E-state index contributed by atoms with van der Waals surface area (Å²) in [6, 6.07) is 6.04. The van der Waals surface area contributed by atoms with Gasteiger partial charge in [0.15, 0.2) is 11.5 Å². The third-order valence-electron chi connectivity index (χ3n) is 2.94. The number of anilines is 1. The van der Waals surface area contributed by atoms with Gasteiger partial charge >= 0.3 is 5.97 Å². The fraction of sp³-hybridized carbons (Fsp3) is 0.0667. The Morgan fingerprint density at radius 2 is 1.95 bits per heavy atom. The Balaban J connectivity index is 2.76. The molecule has 2 rings (SSSR count). The van der Waals surface area contributed by atoms with Crippen molar-refractivity contribution in [1.29, 1.82) is 0 Å². The van der Waals surface area contributed by atoms with E-state index in [0.29, 0.717) is 10.6 Å². The molecule has 0 atom stereocenters. The molecule has 0 unspecified atom stereocenters. The summed E-state index contributed by atoms with van der Waals surface area (Å²) in [6.45, 7) is 3.04. The number of benzene rings is 1. The van der Waals surface area contributed by atoms with Crippen molar-refractivity contribution < 1.29 is 18.3 Å². The molecule has 7 heteroatoms. The topological polar surface area (TPSA) is 65.2 Å². The quantitative estimate of drug-likeness (QED) is 0.871. The highest BCUT2D eigenvalue weighted by Gasteiger charge is 2.25. The molecule has 22 heavy (non-hydrogen) atoms. The van der Waals surface area contributed by atoms with Crippen molar-refractivity contribution in [1.82, 2.24) is 4.98 Å². The highest BCUT2D eigenvalue weighted by Crippen LogP contribution is 2.33. The number of methoxy groups -OCH3 is 1. The maximum absolute atomic E-state index is 14.4. The third-order valence-corrected chi connectivity index (χ3v) is 3.19. The summed E-state index contributed by atoms with van der Waals surface area (Å²) >= 11 is 5.77. The average molecular weight is 325 g/mol. The first-order valence-electron chi connectivity index (χ1n) is 6.04. The van der Waals surface area contributed by atoms with Gasteiger partial charge < -0.3 is 10.5 Å². The van der Waals surface area contributed by atoms with Gasteiger partial charge in [0.25, 0.3) is 0 Å². The zero-order valence-electron chi connectivity index (χ0n) is 11.5. The number of rotatable bonds is 3. The van der Waals surface area contributed by atoms with Crippen LogP contribution in [0.1, 0.15) is 16.1 Å². The molecule has 114 valence electrons. The fourth-order valence-electron chi connectivity index (χ4n) is 1.90. The molecule has 0 aliphatic rings. The summed E-state index contributed by atoms with van der Waals surface area (Å²) in [4.78, 5) is 15.6. The molecule has 2 N–H and O–H groups in total. The standard InChI is InChI=1S/C15H11ClF2N2O2/c1-7(17)10-12(19)11(18)13(20-14(10)15(21)22-2)8-3-5-9(16)6-4-8/h3-6H,1H2,2H3,(H2,19,20).